The number of aryl methyl sites for hydroxylation is 3. The third-order valence-corrected chi connectivity index (χ3v) is 4.21. The number of nitrogens with zero attached hydrogens (tertiary/aromatic N) is 3. The molecule has 0 saturated heterocycles. The van der Waals surface area contributed by atoms with Gasteiger partial charge in [-0.05, 0) is 39.7 Å². The number of benzene rings is 1. The molecule has 6 heteroatoms. The van der Waals surface area contributed by atoms with Gasteiger partial charge in [0.2, 0.25) is 5.58 Å². The predicted octanol–water partition coefficient (Wildman–Crippen LogP) is 4.05. The van der Waals surface area contributed by atoms with Crippen molar-refractivity contribution in [3.05, 3.63) is 35.2 Å². The Morgan fingerprint density at radius 1 is 1.20 bits per heavy atom. The number of anilines is 1. The van der Waals surface area contributed by atoms with Crippen molar-refractivity contribution in [3.63, 3.8) is 0 Å². The fourth-order valence-electron chi connectivity index (χ4n) is 2.90. The summed E-state index contributed by atoms with van der Waals surface area (Å²) in [7, 11) is 1.70. The lowest BCUT2D eigenvalue weighted by Gasteiger charge is -2.14. The van der Waals surface area contributed by atoms with Crippen molar-refractivity contribution in [1.29, 1.82) is 0 Å². The molecule has 0 saturated carbocycles. The summed E-state index contributed by atoms with van der Waals surface area (Å²) in [5, 5.41) is 7.67. The van der Waals surface area contributed by atoms with Gasteiger partial charge in [-0.25, -0.2) is 9.97 Å². The molecule has 3 aromatic rings. The summed E-state index contributed by atoms with van der Waals surface area (Å²) >= 11 is 0. The van der Waals surface area contributed by atoms with Crippen LogP contribution in [-0.4, -0.2) is 34.9 Å². The smallest absolute Gasteiger partial charge is 0.228 e. The number of rotatable bonds is 6. The zero-order valence-corrected chi connectivity index (χ0v) is 15.4. The lowest BCUT2D eigenvalue weighted by molar-refractivity contribution is 0.191. The molecule has 1 unspecified atom stereocenters. The van der Waals surface area contributed by atoms with Crippen molar-refractivity contribution in [1.82, 2.24) is 15.1 Å². The van der Waals surface area contributed by atoms with E-state index in [4.69, 9.17) is 9.26 Å². The van der Waals surface area contributed by atoms with Gasteiger partial charge >= 0.3 is 0 Å². The van der Waals surface area contributed by atoms with Gasteiger partial charge in [-0.1, -0.05) is 28.9 Å². The van der Waals surface area contributed by atoms with Crippen LogP contribution in [0.2, 0.25) is 0 Å². The Labute approximate surface area is 147 Å². The van der Waals surface area contributed by atoms with E-state index in [0.29, 0.717) is 23.8 Å². The summed E-state index contributed by atoms with van der Waals surface area (Å²) < 4.78 is 10.7. The second-order valence-electron chi connectivity index (χ2n) is 6.47. The van der Waals surface area contributed by atoms with Crippen LogP contribution in [0.4, 0.5) is 5.82 Å². The monoisotopic (exact) mass is 340 g/mol. The minimum atomic E-state index is 0.201. The van der Waals surface area contributed by atoms with Crippen molar-refractivity contribution >= 4 is 16.9 Å². The molecular weight excluding hydrogens is 316 g/mol. The SMILES string of the molecule is COCCC(C)Nc1nc(C)nc2c(-c3ccc(C)cc3C)noc12. The number of nitrogens with one attached hydrogen (secondary N) is 1. The zero-order chi connectivity index (χ0) is 18.0. The molecule has 25 heavy (non-hydrogen) atoms. The van der Waals surface area contributed by atoms with Gasteiger partial charge in [0.15, 0.2) is 5.82 Å². The van der Waals surface area contributed by atoms with Gasteiger partial charge in [0.05, 0.1) is 0 Å². The van der Waals surface area contributed by atoms with Crippen LogP contribution in [-0.2, 0) is 4.74 Å². The minimum absolute atomic E-state index is 0.201. The average Bonchev–Trinajstić information content (AvgIpc) is 2.96. The second kappa shape index (κ2) is 7.19. The van der Waals surface area contributed by atoms with Crippen LogP contribution < -0.4 is 5.32 Å². The van der Waals surface area contributed by atoms with Gasteiger partial charge in [0, 0.05) is 25.3 Å². The van der Waals surface area contributed by atoms with E-state index in [0.717, 1.165) is 28.8 Å². The summed E-state index contributed by atoms with van der Waals surface area (Å²) in [6, 6.07) is 6.47. The number of ether oxygens (including phenoxy) is 1. The molecule has 6 nitrogen and oxygen atoms in total. The van der Waals surface area contributed by atoms with Crippen LogP contribution >= 0.6 is 0 Å². The molecule has 0 spiro atoms. The highest BCUT2D eigenvalue weighted by Gasteiger charge is 2.19. The maximum absolute atomic E-state index is 5.61. The number of hydrogen-bond acceptors (Lipinski definition) is 6. The van der Waals surface area contributed by atoms with Crippen LogP contribution in [0.5, 0.6) is 0 Å². The van der Waals surface area contributed by atoms with E-state index in [9.17, 15) is 0 Å². The summed E-state index contributed by atoms with van der Waals surface area (Å²) in [6.45, 7) is 8.80. The third-order valence-electron chi connectivity index (χ3n) is 4.21. The zero-order valence-electron chi connectivity index (χ0n) is 15.4. The maximum atomic E-state index is 5.61. The van der Waals surface area contributed by atoms with Crippen LogP contribution in [0.1, 0.15) is 30.3 Å². The van der Waals surface area contributed by atoms with E-state index in [2.05, 4.69) is 59.4 Å². The first kappa shape index (κ1) is 17.4. The Bertz CT molecular complexity index is 889. The van der Waals surface area contributed by atoms with Gasteiger partial charge in [0.25, 0.3) is 0 Å². The maximum Gasteiger partial charge on any atom is 0.228 e. The van der Waals surface area contributed by atoms with E-state index in [1.165, 1.54) is 5.56 Å². The Kier molecular flexibility index (Phi) is 4.99. The van der Waals surface area contributed by atoms with Crippen LogP contribution in [0.3, 0.4) is 0 Å². The molecule has 0 aliphatic carbocycles. The Morgan fingerprint density at radius 3 is 2.72 bits per heavy atom. The molecule has 3 rings (SSSR count). The first-order valence-electron chi connectivity index (χ1n) is 8.46. The Morgan fingerprint density at radius 2 is 2.00 bits per heavy atom. The summed E-state index contributed by atoms with van der Waals surface area (Å²) in [6.07, 6.45) is 0.874. The number of aromatic nitrogens is 3. The summed E-state index contributed by atoms with van der Waals surface area (Å²) in [5.41, 5.74) is 5.47. The first-order chi connectivity index (χ1) is 12.0. The number of hydrogen-bond donors (Lipinski definition) is 1. The molecule has 0 amide bonds. The highest BCUT2D eigenvalue weighted by atomic mass is 16.5. The molecule has 1 N–H and O–H groups in total. The Hall–Kier alpha value is -2.47. The molecule has 0 aliphatic heterocycles. The quantitative estimate of drug-likeness (QED) is 0.730. The van der Waals surface area contributed by atoms with Crippen LogP contribution in [0, 0.1) is 20.8 Å². The number of fused-ring (bicyclic) bond motifs is 1. The van der Waals surface area contributed by atoms with Gasteiger partial charge in [-0.3, -0.25) is 0 Å². The third kappa shape index (κ3) is 3.64. The predicted molar refractivity (Wildman–Crippen MR) is 98.8 cm³/mol. The molecule has 1 aromatic carbocycles. The second-order valence-corrected chi connectivity index (χ2v) is 6.47. The molecule has 0 bridgehead atoms. The van der Waals surface area contributed by atoms with E-state index in [1.54, 1.807) is 7.11 Å². The highest BCUT2D eigenvalue weighted by molar-refractivity contribution is 5.94. The van der Waals surface area contributed by atoms with Crippen molar-refractivity contribution < 1.29 is 9.26 Å². The average molecular weight is 340 g/mol. The summed E-state index contributed by atoms with van der Waals surface area (Å²) in [5.74, 6) is 1.36. The molecule has 0 fully saturated rings. The molecule has 2 aromatic heterocycles. The first-order valence-corrected chi connectivity index (χ1v) is 8.46. The minimum Gasteiger partial charge on any atom is -0.385 e. The largest absolute Gasteiger partial charge is 0.385 e. The Balaban J connectivity index is 2.03. The lowest BCUT2D eigenvalue weighted by Crippen LogP contribution is -2.18. The topological polar surface area (TPSA) is 73.1 Å². The summed E-state index contributed by atoms with van der Waals surface area (Å²) in [4.78, 5) is 9.07. The fourth-order valence-corrected chi connectivity index (χ4v) is 2.90. The van der Waals surface area contributed by atoms with E-state index in [-0.39, 0.29) is 6.04 Å². The molecule has 132 valence electrons. The molecule has 1 atom stereocenters. The van der Waals surface area contributed by atoms with E-state index in [1.807, 2.05) is 6.92 Å². The van der Waals surface area contributed by atoms with E-state index < -0.39 is 0 Å². The fraction of sp³-hybridized carbons (Fsp3) is 0.421. The van der Waals surface area contributed by atoms with Crippen molar-refractivity contribution in [2.75, 3.05) is 19.0 Å². The number of methoxy groups -OCH3 is 1. The van der Waals surface area contributed by atoms with Gasteiger partial charge in [-0.2, -0.15) is 0 Å². The molecular formula is C19H24N4O2. The normalized spacial score (nSPS) is 12.5. The van der Waals surface area contributed by atoms with Gasteiger partial charge in [0.1, 0.15) is 17.0 Å². The standard InChI is InChI=1S/C19H24N4O2/c1-11-6-7-15(12(2)10-11)16-17-18(25-23-16)19(22-14(4)21-17)20-13(3)8-9-24-5/h6-7,10,13H,8-9H2,1-5H3,(H,20,21,22). The van der Waals surface area contributed by atoms with Crippen molar-refractivity contribution in [3.8, 4) is 11.3 Å². The highest BCUT2D eigenvalue weighted by Crippen LogP contribution is 2.32. The molecule has 0 radical (unpaired) electrons. The van der Waals surface area contributed by atoms with Gasteiger partial charge in [-0.15, -0.1) is 0 Å². The molecule has 0 aliphatic rings. The van der Waals surface area contributed by atoms with Gasteiger partial charge < -0.3 is 14.6 Å². The van der Waals surface area contributed by atoms with E-state index >= 15 is 0 Å². The molecule has 2 heterocycles. The van der Waals surface area contributed by atoms with Crippen molar-refractivity contribution in [2.45, 2.75) is 40.2 Å². The lowest BCUT2D eigenvalue weighted by atomic mass is 10.0. The van der Waals surface area contributed by atoms with Crippen molar-refractivity contribution in [2.24, 2.45) is 0 Å². The van der Waals surface area contributed by atoms with Crippen LogP contribution in [0.15, 0.2) is 22.7 Å². The van der Waals surface area contributed by atoms with Crippen LogP contribution in [0.25, 0.3) is 22.4 Å².